The van der Waals surface area contributed by atoms with Crippen LogP contribution in [0.4, 0.5) is 0 Å². The fourth-order valence-corrected chi connectivity index (χ4v) is 1.83. The Bertz CT molecular complexity index is 468. The van der Waals surface area contributed by atoms with E-state index in [0.717, 1.165) is 15.8 Å². The molecule has 2 aromatic rings. The number of benzene rings is 2. The minimum atomic E-state index is 0.545. The molecule has 2 aromatic carbocycles. The summed E-state index contributed by atoms with van der Waals surface area (Å²) in [5, 5.41) is 0.716. The first kappa shape index (κ1) is 11.5. The van der Waals surface area contributed by atoms with Crippen molar-refractivity contribution in [3.63, 3.8) is 0 Å². The lowest BCUT2D eigenvalue weighted by atomic mass is 10.2. The van der Waals surface area contributed by atoms with Crippen LogP contribution in [0, 0.1) is 0 Å². The Morgan fingerprint density at radius 1 is 1.00 bits per heavy atom. The van der Waals surface area contributed by atoms with Gasteiger partial charge in [-0.05, 0) is 30.3 Å². The minimum Gasteiger partial charge on any atom is -0.489 e. The van der Waals surface area contributed by atoms with E-state index in [1.54, 1.807) is 0 Å². The van der Waals surface area contributed by atoms with E-state index in [4.69, 9.17) is 16.3 Å². The molecule has 0 atom stereocenters. The van der Waals surface area contributed by atoms with E-state index in [9.17, 15) is 0 Å². The maximum Gasteiger partial charge on any atom is 0.119 e. The molecule has 0 aliphatic rings. The normalized spacial score (nSPS) is 10.1. The molecule has 2 rings (SSSR count). The molecule has 16 heavy (non-hydrogen) atoms. The van der Waals surface area contributed by atoms with E-state index in [0.29, 0.717) is 11.6 Å². The van der Waals surface area contributed by atoms with Gasteiger partial charge < -0.3 is 4.74 Å². The van der Waals surface area contributed by atoms with Gasteiger partial charge in [0.2, 0.25) is 0 Å². The molecule has 3 heteroatoms. The van der Waals surface area contributed by atoms with Gasteiger partial charge in [-0.15, -0.1) is 0 Å². The summed E-state index contributed by atoms with van der Waals surface area (Å²) < 4.78 is 6.70. The highest BCUT2D eigenvalue weighted by atomic mass is 79.9. The van der Waals surface area contributed by atoms with Crippen LogP contribution >= 0.6 is 27.5 Å². The SMILES string of the molecule is Clc1ccc(OCc2ccccc2Br)cc1. The molecule has 0 aromatic heterocycles. The third kappa shape index (κ3) is 3.00. The molecule has 0 saturated carbocycles. The highest BCUT2D eigenvalue weighted by molar-refractivity contribution is 9.10. The molecule has 0 saturated heterocycles. The molecule has 0 fully saturated rings. The molecule has 0 aliphatic heterocycles. The van der Waals surface area contributed by atoms with Crippen molar-refractivity contribution in [2.75, 3.05) is 0 Å². The Labute approximate surface area is 108 Å². The van der Waals surface area contributed by atoms with Crippen LogP contribution in [-0.4, -0.2) is 0 Å². The van der Waals surface area contributed by atoms with Crippen molar-refractivity contribution < 1.29 is 4.74 Å². The molecule has 0 unspecified atom stereocenters. The lowest BCUT2D eigenvalue weighted by Gasteiger charge is -2.07. The van der Waals surface area contributed by atoms with E-state index < -0.39 is 0 Å². The summed E-state index contributed by atoms with van der Waals surface area (Å²) in [5.41, 5.74) is 1.12. The zero-order chi connectivity index (χ0) is 11.4. The van der Waals surface area contributed by atoms with Crippen molar-refractivity contribution in [1.29, 1.82) is 0 Å². The molecule has 0 spiro atoms. The number of halogens is 2. The quantitative estimate of drug-likeness (QED) is 0.799. The van der Waals surface area contributed by atoms with E-state index in [-0.39, 0.29) is 0 Å². The fourth-order valence-electron chi connectivity index (χ4n) is 1.31. The van der Waals surface area contributed by atoms with Crippen LogP contribution in [0.5, 0.6) is 5.75 Å². The molecule has 0 bridgehead atoms. The van der Waals surface area contributed by atoms with Crippen molar-refractivity contribution >= 4 is 27.5 Å². The first-order chi connectivity index (χ1) is 7.75. The maximum atomic E-state index is 5.79. The topological polar surface area (TPSA) is 9.23 Å². The van der Waals surface area contributed by atoms with Crippen molar-refractivity contribution in [2.45, 2.75) is 6.61 Å². The molecule has 0 radical (unpaired) electrons. The Morgan fingerprint density at radius 2 is 1.69 bits per heavy atom. The summed E-state index contributed by atoms with van der Waals surface area (Å²) in [5.74, 6) is 0.820. The molecule has 0 amide bonds. The summed E-state index contributed by atoms with van der Waals surface area (Å²) in [7, 11) is 0. The van der Waals surface area contributed by atoms with Crippen molar-refractivity contribution in [3.05, 3.63) is 63.6 Å². The minimum absolute atomic E-state index is 0.545. The second-order valence-electron chi connectivity index (χ2n) is 3.33. The Kier molecular flexibility index (Phi) is 3.86. The highest BCUT2D eigenvalue weighted by Crippen LogP contribution is 2.20. The maximum absolute atomic E-state index is 5.79. The lowest BCUT2D eigenvalue weighted by Crippen LogP contribution is -1.95. The second-order valence-corrected chi connectivity index (χ2v) is 4.62. The lowest BCUT2D eigenvalue weighted by molar-refractivity contribution is 0.305. The van der Waals surface area contributed by atoms with E-state index in [2.05, 4.69) is 15.9 Å². The first-order valence-electron chi connectivity index (χ1n) is 4.87. The van der Waals surface area contributed by atoms with Gasteiger partial charge >= 0.3 is 0 Å². The largest absolute Gasteiger partial charge is 0.489 e. The van der Waals surface area contributed by atoms with Crippen LogP contribution in [0.25, 0.3) is 0 Å². The summed E-state index contributed by atoms with van der Waals surface area (Å²) in [6, 6.07) is 15.4. The highest BCUT2D eigenvalue weighted by Gasteiger charge is 1.99. The average Bonchev–Trinajstić information content (AvgIpc) is 2.30. The Balaban J connectivity index is 2.02. The van der Waals surface area contributed by atoms with Crippen molar-refractivity contribution in [3.8, 4) is 5.75 Å². The summed E-state index contributed by atoms with van der Waals surface area (Å²) in [6.45, 7) is 0.545. The van der Waals surface area contributed by atoms with E-state index in [1.807, 2.05) is 48.5 Å². The smallest absolute Gasteiger partial charge is 0.119 e. The van der Waals surface area contributed by atoms with E-state index in [1.165, 1.54) is 0 Å². The zero-order valence-corrected chi connectivity index (χ0v) is 10.8. The second kappa shape index (κ2) is 5.37. The molecule has 0 N–H and O–H groups in total. The van der Waals surface area contributed by atoms with Gasteiger partial charge in [0.05, 0.1) is 0 Å². The number of rotatable bonds is 3. The molecule has 0 heterocycles. The summed E-state index contributed by atoms with van der Waals surface area (Å²) in [6.07, 6.45) is 0. The van der Waals surface area contributed by atoms with Crippen LogP contribution in [0.2, 0.25) is 5.02 Å². The van der Waals surface area contributed by atoms with Gasteiger partial charge in [0, 0.05) is 15.1 Å². The average molecular weight is 298 g/mol. The standard InChI is InChI=1S/C13H10BrClO/c14-13-4-2-1-3-10(13)9-16-12-7-5-11(15)6-8-12/h1-8H,9H2. The Morgan fingerprint density at radius 3 is 2.38 bits per heavy atom. The predicted molar refractivity (Wildman–Crippen MR) is 69.9 cm³/mol. The van der Waals surface area contributed by atoms with Crippen LogP contribution in [-0.2, 0) is 6.61 Å². The summed E-state index contributed by atoms with van der Waals surface area (Å²) >= 11 is 9.27. The number of hydrogen-bond acceptors (Lipinski definition) is 1. The molecular formula is C13H10BrClO. The van der Waals surface area contributed by atoms with Crippen molar-refractivity contribution in [1.82, 2.24) is 0 Å². The number of hydrogen-bond donors (Lipinski definition) is 0. The molecule has 82 valence electrons. The first-order valence-corrected chi connectivity index (χ1v) is 6.04. The van der Waals surface area contributed by atoms with Gasteiger partial charge in [-0.3, -0.25) is 0 Å². The van der Waals surface area contributed by atoms with Crippen LogP contribution in [0.15, 0.2) is 53.0 Å². The van der Waals surface area contributed by atoms with E-state index >= 15 is 0 Å². The molecule has 1 nitrogen and oxygen atoms in total. The van der Waals surface area contributed by atoms with Crippen molar-refractivity contribution in [2.24, 2.45) is 0 Å². The van der Waals surface area contributed by atoms with Gasteiger partial charge in [-0.2, -0.15) is 0 Å². The van der Waals surface area contributed by atoms with Gasteiger partial charge in [0.15, 0.2) is 0 Å². The third-order valence-electron chi connectivity index (χ3n) is 2.17. The molecular weight excluding hydrogens is 287 g/mol. The van der Waals surface area contributed by atoms with Gasteiger partial charge in [-0.25, -0.2) is 0 Å². The number of ether oxygens (including phenoxy) is 1. The van der Waals surface area contributed by atoms with Crippen LogP contribution < -0.4 is 4.74 Å². The van der Waals surface area contributed by atoms with Gasteiger partial charge in [0.1, 0.15) is 12.4 Å². The summed E-state index contributed by atoms with van der Waals surface area (Å²) in [4.78, 5) is 0. The zero-order valence-electron chi connectivity index (χ0n) is 8.49. The third-order valence-corrected chi connectivity index (χ3v) is 3.19. The predicted octanol–water partition coefficient (Wildman–Crippen LogP) is 4.68. The van der Waals surface area contributed by atoms with Crippen LogP contribution in [0.1, 0.15) is 5.56 Å². The van der Waals surface area contributed by atoms with Gasteiger partial charge in [-0.1, -0.05) is 45.7 Å². The van der Waals surface area contributed by atoms with Crippen LogP contribution in [0.3, 0.4) is 0 Å². The van der Waals surface area contributed by atoms with Gasteiger partial charge in [0.25, 0.3) is 0 Å². The monoisotopic (exact) mass is 296 g/mol. The Hall–Kier alpha value is -0.990. The fraction of sp³-hybridized carbons (Fsp3) is 0.0769. The molecule has 0 aliphatic carbocycles.